The van der Waals surface area contributed by atoms with E-state index in [-0.39, 0.29) is 16.3 Å². The molecular formula is C18H19ClN3O2S+. The summed E-state index contributed by atoms with van der Waals surface area (Å²) < 4.78 is 25.8. The van der Waals surface area contributed by atoms with Crippen LogP contribution in [0.25, 0.3) is 4.98 Å². The van der Waals surface area contributed by atoms with Gasteiger partial charge in [0.25, 0.3) is 0 Å². The van der Waals surface area contributed by atoms with E-state index in [4.69, 9.17) is 11.6 Å². The Balaban J connectivity index is 1.99. The summed E-state index contributed by atoms with van der Waals surface area (Å²) in [5.74, 6) is -0.237. The van der Waals surface area contributed by atoms with Crippen LogP contribution in [-0.4, -0.2) is 21.5 Å². The number of piperidine rings is 1. The molecule has 0 N–H and O–H groups in total. The van der Waals surface area contributed by atoms with Gasteiger partial charge in [-0.05, 0) is 43.0 Å². The van der Waals surface area contributed by atoms with Crippen LogP contribution in [0, 0.1) is 5.39 Å². The number of hydrogen-bond acceptors (Lipinski definition) is 4. The summed E-state index contributed by atoms with van der Waals surface area (Å²) in [6.07, 6.45) is 3.37. The second-order valence-electron chi connectivity index (χ2n) is 6.15. The zero-order valence-corrected chi connectivity index (χ0v) is 15.3. The molecule has 0 amide bonds. The van der Waals surface area contributed by atoms with E-state index in [1.807, 2.05) is 0 Å². The van der Waals surface area contributed by atoms with Gasteiger partial charge in [0, 0.05) is 29.9 Å². The molecule has 2 aromatic rings. The van der Waals surface area contributed by atoms with Crippen LogP contribution in [0.1, 0.15) is 24.8 Å². The number of benzene rings is 2. The van der Waals surface area contributed by atoms with Crippen LogP contribution in [0.5, 0.6) is 0 Å². The quantitative estimate of drug-likeness (QED) is 0.719. The van der Waals surface area contributed by atoms with Crippen LogP contribution in [0.15, 0.2) is 47.4 Å². The highest BCUT2D eigenvalue weighted by atomic mass is 35.5. The van der Waals surface area contributed by atoms with Gasteiger partial charge in [-0.2, -0.15) is 0 Å². The van der Waals surface area contributed by atoms with Gasteiger partial charge in [0.15, 0.2) is 19.7 Å². The van der Waals surface area contributed by atoms with Crippen molar-refractivity contribution in [1.82, 2.24) is 0 Å². The second kappa shape index (κ2) is 7.42. The second-order valence-corrected chi connectivity index (χ2v) is 8.52. The molecule has 5 nitrogen and oxygen atoms in total. The van der Waals surface area contributed by atoms with Crippen LogP contribution in [0.4, 0.5) is 11.4 Å². The van der Waals surface area contributed by atoms with E-state index in [0.717, 1.165) is 31.6 Å². The maximum Gasteiger partial charge on any atom is 0.403 e. The number of rotatable bonds is 4. The number of diazo groups is 1. The van der Waals surface area contributed by atoms with Crippen molar-refractivity contribution in [3.8, 4) is 0 Å². The van der Waals surface area contributed by atoms with Crippen LogP contribution < -0.4 is 4.90 Å². The largest absolute Gasteiger partial charge is 0.403 e. The molecule has 1 saturated heterocycles. The molecule has 0 atom stereocenters. The number of sulfone groups is 1. The molecule has 0 radical (unpaired) electrons. The predicted octanol–water partition coefficient (Wildman–Crippen LogP) is 4.79. The fourth-order valence-corrected chi connectivity index (χ4v) is 4.91. The SMILES string of the molecule is N#[N+]c1ccc(N2CCCCC2)cc1S(=O)(=O)Cc1ccccc1Cl. The minimum Gasteiger partial charge on any atom is -0.371 e. The smallest absolute Gasteiger partial charge is 0.371 e. The van der Waals surface area contributed by atoms with Crippen LogP contribution >= 0.6 is 11.6 Å². The Morgan fingerprint density at radius 1 is 1.08 bits per heavy atom. The fraction of sp³-hybridized carbons (Fsp3) is 0.333. The Labute approximate surface area is 152 Å². The van der Waals surface area contributed by atoms with E-state index in [1.165, 1.54) is 6.42 Å². The monoisotopic (exact) mass is 376 g/mol. The van der Waals surface area contributed by atoms with E-state index in [0.29, 0.717) is 10.6 Å². The Morgan fingerprint density at radius 2 is 1.80 bits per heavy atom. The van der Waals surface area contributed by atoms with Crippen molar-refractivity contribution < 1.29 is 8.42 Å². The summed E-state index contributed by atoms with van der Waals surface area (Å²) in [6.45, 7) is 1.80. The zero-order valence-electron chi connectivity index (χ0n) is 13.7. The number of hydrogen-bond donors (Lipinski definition) is 0. The van der Waals surface area contributed by atoms with E-state index >= 15 is 0 Å². The maximum absolute atomic E-state index is 12.9. The van der Waals surface area contributed by atoms with E-state index in [9.17, 15) is 13.8 Å². The first-order valence-electron chi connectivity index (χ1n) is 8.21. The summed E-state index contributed by atoms with van der Waals surface area (Å²) in [4.78, 5) is 5.35. The first-order chi connectivity index (χ1) is 12.0. The van der Waals surface area contributed by atoms with E-state index in [1.54, 1.807) is 42.5 Å². The molecule has 0 aliphatic carbocycles. The summed E-state index contributed by atoms with van der Waals surface area (Å²) >= 11 is 6.10. The number of nitrogens with zero attached hydrogens (tertiary/aromatic N) is 3. The Kier molecular flexibility index (Phi) is 5.26. The highest BCUT2D eigenvalue weighted by molar-refractivity contribution is 7.90. The lowest BCUT2D eigenvalue weighted by atomic mass is 10.1. The number of anilines is 1. The minimum atomic E-state index is -3.70. The molecule has 1 aliphatic rings. The van der Waals surface area contributed by atoms with Crippen molar-refractivity contribution in [3.05, 3.63) is 58.0 Å². The average molecular weight is 377 g/mol. The molecule has 0 spiro atoms. The van der Waals surface area contributed by atoms with Gasteiger partial charge in [-0.3, -0.25) is 0 Å². The van der Waals surface area contributed by atoms with Gasteiger partial charge in [-0.1, -0.05) is 29.8 Å². The van der Waals surface area contributed by atoms with Crippen molar-refractivity contribution in [2.24, 2.45) is 0 Å². The lowest BCUT2D eigenvalue weighted by Gasteiger charge is -2.28. The lowest BCUT2D eigenvalue weighted by Crippen LogP contribution is -2.29. The van der Waals surface area contributed by atoms with Gasteiger partial charge in [-0.15, -0.1) is 0 Å². The summed E-state index contributed by atoms with van der Waals surface area (Å²) in [5.41, 5.74) is 1.41. The van der Waals surface area contributed by atoms with Crippen LogP contribution in [0.3, 0.4) is 0 Å². The summed E-state index contributed by atoms with van der Waals surface area (Å²) in [7, 11) is -3.70. The predicted molar refractivity (Wildman–Crippen MR) is 99.6 cm³/mol. The molecule has 1 heterocycles. The van der Waals surface area contributed by atoms with Crippen molar-refractivity contribution in [2.45, 2.75) is 29.9 Å². The third kappa shape index (κ3) is 3.94. The van der Waals surface area contributed by atoms with E-state index < -0.39 is 9.84 Å². The van der Waals surface area contributed by atoms with Gasteiger partial charge in [-0.25, -0.2) is 8.42 Å². The highest BCUT2D eigenvalue weighted by Crippen LogP contribution is 2.33. The molecule has 0 unspecified atom stereocenters. The molecular weight excluding hydrogens is 358 g/mol. The van der Waals surface area contributed by atoms with Gasteiger partial charge >= 0.3 is 5.69 Å². The van der Waals surface area contributed by atoms with Crippen LogP contribution in [0.2, 0.25) is 5.02 Å². The van der Waals surface area contributed by atoms with Gasteiger partial charge in [0.1, 0.15) is 0 Å². The molecule has 3 rings (SSSR count). The Bertz CT molecular complexity index is 916. The lowest BCUT2D eigenvalue weighted by molar-refractivity contribution is 0.577. The third-order valence-electron chi connectivity index (χ3n) is 4.41. The van der Waals surface area contributed by atoms with Gasteiger partial charge in [0.2, 0.25) is 5.39 Å². The average Bonchev–Trinajstić information content (AvgIpc) is 2.64. The molecule has 0 saturated carbocycles. The van der Waals surface area contributed by atoms with Crippen molar-refractivity contribution in [3.63, 3.8) is 0 Å². The Hall–Kier alpha value is -2.10. The first-order valence-corrected chi connectivity index (χ1v) is 10.2. The number of halogens is 1. The van der Waals surface area contributed by atoms with Gasteiger partial charge in [0.05, 0.1) is 5.75 Å². The van der Waals surface area contributed by atoms with Crippen LogP contribution in [-0.2, 0) is 15.6 Å². The zero-order chi connectivity index (χ0) is 17.9. The molecule has 1 fully saturated rings. The molecule has 130 valence electrons. The molecule has 7 heteroatoms. The topological polar surface area (TPSA) is 65.5 Å². The third-order valence-corrected chi connectivity index (χ3v) is 6.47. The van der Waals surface area contributed by atoms with Crippen molar-refractivity contribution in [2.75, 3.05) is 18.0 Å². The molecule has 1 aliphatic heterocycles. The van der Waals surface area contributed by atoms with Crippen molar-refractivity contribution >= 4 is 32.8 Å². The molecule has 0 aromatic heterocycles. The summed E-state index contributed by atoms with van der Waals surface area (Å²) in [5, 5.41) is 9.63. The molecule has 0 bridgehead atoms. The summed E-state index contributed by atoms with van der Waals surface area (Å²) in [6, 6.07) is 11.8. The Morgan fingerprint density at radius 3 is 2.48 bits per heavy atom. The molecule has 2 aromatic carbocycles. The minimum absolute atomic E-state index is 0.0259. The van der Waals surface area contributed by atoms with Gasteiger partial charge < -0.3 is 4.90 Å². The maximum atomic E-state index is 12.9. The van der Waals surface area contributed by atoms with Crippen molar-refractivity contribution in [1.29, 1.82) is 5.39 Å². The standard InChI is InChI=1S/C18H19ClN3O2S/c19-16-7-3-2-6-14(16)13-25(23,24)18-12-15(8-9-17(18)21-20)22-10-4-1-5-11-22/h2-3,6-9,12H,1,4-5,10-11,13H2/q+1. The normalized spacial score (nSPS) is 15.0. The molecule has 25 heavy (non-hydrogen) atoms. The fourth-order valence-electron chi connectivity index (χ4n) is 3.08. The van der Waals surface area contributed by atoms with E-state index in [2.05, 4.69) is 9.88 Å². The first kappa shape index (κ1) is 17.7. The highest BCUT2D eigenvalue weighted by Gasteiger charge is 2.28.